The summed E-state index contributed by atoms with van der Waals surface area (Å²) in [5.74, 6) is 0.0756. The van der Waals surface area contributed by atoms with E-state index in [2.05, 4.69) is 5.32 Å². The number of amides is 1. The Hall–Kier alpha value is -1.95. The average molecular weight is 249 g/mol. The maximum Gasteiger partial charge on any atom is 0.269 e. The van der Waals surface area contributed by atoms with E-state index in [0.717, 1.165) is 11.3 Å². The highest BCUT2D eigenvalue weighted by Crippen LogP contribution is 2.30. The van der Waals surface area contributed by atoms with E-state index < -0.39 is 4.92 Å². The molecule has 1 N–H and O–H groups in total. The van der Waals surface area contributed by atoms with Crippen LogP contribution in [0, 0.1) is 10.1 Å². The van der Waals surface area contributed by atoms with Crippen LogP contribution < -0.4 is 10.2 Å². The van der Waals surface area contributed by atoms with Crippen LogP contribution in [0.2, 0.25) is 0 Å². The minimum Gasteiger partial charge on any atom is -0.318 e. The molecule has 6 nitrogen and oxygen atoms in total. The summed E-state index contributed by atoms with van der Waals surface area (Å²) < 4.78 is 0. The Morgan fingerprint density at radius 1 is 1.44 bits per heavy atom. The minimum atomic E-state index is -0.408. The Morgan fingerprint density at radius 2 is 2.22 bits per heavy atom. The van der Waals surface area contributed by atoms with E-state index in [0.29, 0.717) is 25.9 Å². The molecule has 0 radical (unpaired) electrons. The standard InChI is InChI=1S/C12H15N3O3/c1-13-6-7-14-11-4-3-10(15(17)18)8-9(11)2-5-12(14)16/h3-4,8,13H,2,5-7H2,1H3. The van der Waals surface area contributed by atoms with Crippen molar-refractivity contribution in [2.75, 3.05) is 25.0 Å². The molecule has 0 aliphatic carbocycles. The molecule has 1 aromatic carbocycles. The second-order valence-electron chi connectivity index (χ2n) is 4.22. The van der Waals surface area contributed by atoms with E-state index in [1.165, 1.54) is 6.07 Å². The van der Waals surface area contributed by atoms with Gasteiger partial charge in [-0.15, -0.1) is 0 Å². The molecule has 0 atom stereocenters. The number of non-ortho nitro benzene ring substituents is 1. The van der Waals surface area contributed by atoms with Gasteiger partial charge in [0.2, 0.25) is 5.91 Å². The number of anilines is 1. The van der Waals surface area contributed by atoms with Crippen molar-refractivity contribution in [2.24, 2.45) is 0 Å². The van der Waals surface area contributed by atoms with Gasteiger partial charge < -0.3 is 10.2 Å². The molecular formula is C12H15N3O3. The van der Waals surface area contributed by atoms with Crippen LogP contribution in [0.5, 0.6) is 0 Å². The Bertz CT molecular complexity index is 487. The van der Waals surface area contributed by atoms with Gasteiger partial charge in [-0.25, -0.2) is 0 Å². The first-order valence-corrected chi connectivity index (χ1v) is 5.86. The highest BCUT2D eigenvalue weighted by atomic mass is 16.6. The van der Waals surface area contributed by atoms with Gasteiger partial charge in [0.25, 0.3) is 5.69 Å². The fraction of sp³-hybridized carbons (Fsp3) is 0.417. The third-order valence-corrected chi connectivity index (χ3v) is 3.06. The van der Waals surface area contributed by atoms with Crippen molar-refractivity contribution in [1.82, 2.24) is 5.32 Å². The Kier molecular flexibility index (Phi) is 3.57. The van der Waals surface area contributed by atoms with Crippen molar-refractivity contribution in [3.8, 4) is 0 Å². The van der Waals surface area contributed by atoms with E-state index in [1.54, 1.807) is 17.0 Å². The highest BCUT2D eigenvalue weighted by molar-refractivity contribution is 5.96. The number of carbonyl (C=O) groups is 1. The first kappa shape index (κ1) is 12.5. The zero-order valence-electron chi connectivity index (χ0n) is 10.2. The van der Waals surface area contributed by atoms with Crippen LogP contribution in [0.3, 0.4) is 0 Å². The molecule has 0 saturated heterocycles. The molecule has 2 rings (SSSR count). The van der Waals surface area contributed by atoms with Gasteiger partial charge in [0.05, 0.1) is 4.92 Å². The Balaban J connectivity index is 2.32. The summed E-state index contributed by atoms with van der Waals surface area (Å²) >= 11 is 0. The number of likely N-dealkylation sites (N-methyl/N-ethyl adjacent to an activating group) is 1. The number of nitrogens with one attached hydrogen (secondary N) is 1. The van der Waals surface area contributed by atoms with Gasteiger partial charge in [0.15, 0.2) is 0 Å². The first-order valence-electron chi connectivity index (χ1n) is 5.86. The normalized spacial score (nSPS) is 14.5. The smallest absolute Gasteiger partial charge is 0.269 e. The number of aryl methyl sites for hydroxylation is 1. The maximum atomic E-state index is 11.8. The summed E-state index contributed by atoms with van der Waals surface area (Å²) in [5, 5.41) is 13.7. The van der Waals surface area contributed by atoms with Gasteiger partial charge >= 0.3 is 0 Å². The largest absolute Gasteiger partial charge is 0.318 e. The highest BCUT2D eigenvalue weighted by Gasteiger charge is 2.25. The molecule has 1 aliphatic rings. The summed E-state index contributed by atoms with van der Waals surface area (Å²) in [4.78, 5) is 23.9. The number of fused-ring (bicyclic) bond motifs is 1. The fourth-order valence-electron chi connectivity index (χ4n) is 2.13. The van der Waals surface area contributed by atoms with Crippen molar-refractivity contribution in [1.29, 1.82) is 0 Å². The number of rotatable bonds is 4. The van der Waals surface area contributed by atoms with Gasteiger partial charge in [-0.05, 0) is 25.1 Å². The molecule has 0 saturated carbocycles. The van der Waals surface area contributed by atoms with Crippen LogP contribution >= 0.6 is 0 Å². The molecule has 1 amide bonds. The number of benzene rings is 1. The van der Waals surface area contributed by atoms with E-state index in [4.69, 9.17) is 0 Å². The lowest BCUT2D eigenvalue weighted by molar-refractivity contribution is -0.384. The van der Waals surface area contributed by atoms with Gasteiger partial charge in [0.1, 0.15) is 0 Å². The third-order valence-electron chi connectivity index (χ3n) is 3.06. The molecule has 0 spiro atoms. The topological polar surface area (TPSA) is 75.5 Å². The lowest BCUT2D eigenvalue weighted by Crippen LogP contribution is -2.39. The lowest BCUT2D eigenvalue weighted by atomic mass is 10.0. The number of hydrogen-bond donors (Lipinski definition) is 1. The second-order valence-corrected chi connectivity index (χ2v) is 4.22. The average Bonchev–Trinajstić information content (AvgIpc) is 2.37. The molecule has 96 valence electrons. The summed E-state index contributed by atoms with van der Waals surface area (Å²) in [5.41, 5.74) is 1.75. The summed E-state index contributed by atoms with van der Waals surface area (Å²) in [6, 6.07) is 4.68. The van der Waals surface area contributed by atoms with Crippen LogP contribution in [-0.2, 0) is 11.2 Å². The number of nitro groups is 1. The summed E-state index contributed by atoms with van der Waals surface area (Å²) in [6.45, 7) is 1.28. The molecule has 18 heavy (non-hydrogen) atoms. The van der Waals surface area contributed by atoms with Crippen molar-refractivity contribution in [3.63, 3.8) is 0 Å². The van der Waals surface area contributed by atoms with Crippen LogP contribution in [0.25, 0.3) is 0 Å². The minimum absolute atomic E-state index is 0.0756. The monoisotopic (exact) mass is 249 g/mol. The summed E-state index contributed by atoms with van der Waals surface area (Å²) in [7, 11) is 1.82. The molecule has 0 unspecified atom stereocenters. The van der Waals surface area contributed by atoms with Gasteiger partial charge in [0, 0.05) is 37.3 Å². The van der Waals surface area contributed by atoms with Gasteiger partial charge in [-0.1, -0.05) is 0 Å². The molecule has 0 fully saturated rings. The van der Waals surface area contributed by atoms with Crippen LogP contribution in [-0.4, -0.2) is 31.0 Å². The second kappa shape index (κ2) is 5.14. The van der Waals surface area contributed by atoms with Crippen molar-refractivity contribution < 1.29 is 9.72 Å². The van der Waals surface area contributed by atoms with Crippen molar-refractivity contribution in [3.05, 3.63) is 33.9 Å². The summed E-state index contributed by atoms with van der Waals surface area (Å²) in [6.07, 6.45) is 0.990. The fourth-order valence-corrected chi connectivity index (χ4v) is 2.13. The van der Waals surface area contributed by atoms with E-state index in [1.807, 2.05) is 7.05 Å². The molecule has 1 heterocycles. The SMILES string of the molecule is CNCCN1C(=O)CCc2cc([N+](=O)[O-])ccc21. The van der Waals surface area contributed by atoms with Crippen LogP contribution in [0.15, 0.2) is 18.2 Å². The first-order chi connectivity index (χ1) is 8.63. The van der Waals surface area contributed by atoms with Crippen LogP contribution in [0.1, 0.15) is 12.0 Å². The number of hydrogen-bond acceptors (Lipinski definition) is 4. The molecule has 1 aliphatic heterocycles. The predicted octanol–water partition coefficient (Wildman–Crippen LogP) is 1.09. The van der Waals surface area contributed by atoms with Crippen molar-refractivity contribution >= 4 is 17.3 Å². The molecule has 1 aromatic rings. The lowest BCUT2D eigenvalue weighted by Gasteiger charge is -2.29. The zero-order chi connectivity index (χ0) is 13.1. The van der Waals surface area contributed by atoms with Crippen LogP contribution in [0.4, 0.5) is 11.4 Å². The number of nitro benzene ring substituents is 1. The zero-order valence-corrected chi connectivity index (χ0v) is 10.2. The number of nitrogens with zero attached hydrogens (tertiary/aromatic N) is 2. The predicted molar refractivity (Wildman–Crippen MR) is 67.7 cm³/mol. The molecule has 6 heteroatoms. The van der Waals surface area contributed by atoms with E-state index >= 15 is 0 Å². The quantitative estimate of drug-likeness (QED) is 0.640. The van der Waals surface area contributed by atoms with E-state index in [9.17, 15) is 14.9 Å². The Morgan fingerprint density at radius 3 is 2.89 bits per heavy atom. The molecular weight excluding hydrogens is 234 g/mol. The van der Waals surface area contributed by atoms with Crippen molar-refractivity contribution in [2.45, 2.75) is 12.8 Å². The number of carbonyl (C=O) groups excluding carboxylic acids is 1. The van der Waals surface area contributed by atoms with E-state index in [-0.39, 0.29) is 11.6 Å². The van der Waals surface area contributed by atoms with Gasteiger partial charge in [-0.3, -0.25) is 14.9 Å². The third kappa shape index (κ3) is 2.33. The molecule has 0 aromatic heterocycles. The Labute approximate surface area is 105 Å². The molecule has 0 bridgehead atoms. The maximum absolute atomic E-state index is 11.8. The van der Waals surface area contributed by atoms with Gasteiger partial charge in [-0.2, -0.15) is 0 Å².